The summed E-state index contributed by atoms with van der Waals surface area (Å²) in [5.74, 6) is 0.228. The van der Waals surface area contributed by atoms with Gasteiger partial charge in [-0.25, -0.2) is 0 Å². The van der Waals surface area contributed by atoms with Crippen LogP contribution in [-0.2, 0) is 9.47 Å². The fourth-order valence-electron chi connectivity index (χ4n) is 1.73. The van der Waals surface area contributed by atoms with E-state index in [0.717, 1.165) is 12.2 Å². The quantitative estimate of drug-likeness (QED) is 0.222. The fourth-order valence-corrected chi connectivity index (χ4v) is 1.73. The van der Waals surface area contributed by atoms with Crippen molar-refractivity contribution in [1.29, 1.82) is 0 Å². The third-order valence-electron chi connectivity index (χ3n) is 2.82. The first-order chi connectivity index (χ1) is 9.77. The molecule has 0 spiro atoms. The summed E-state index contributed by atoms with van der Waals surface area (Å²) >= 11 is 0. The number of methoxy groups -OCH3 is 1. The summed E-state index contributed by atoms with van der Waals surface area (Å²) in [6.45, 7) is 3.20. The van der Waals surface area contributed by atoms with Crippen LogP contribution >= 0.6 is 0 Å². The molecule has 6 nitrogen and oxygen atoms in total. The molecule has 1 aromatic carbocycles. The average Bonchev–Trinajstić information content (AvgIpc) is 2.50. The standard InChI is InChI=1S/C14H23N3O3/c1-19-11-12-20-10-9-17(8-7-14(15)16-18)13-5-3-2-4-6-13/h2-6,18H,7-12H2,1H3,(H2,15,16). The monoisotopic (exact) mass is 281 g/mol. The van der Waals surface area contributed by atoms with Gasteiger partial charge in [0.2, 0.25) is 0 Å². The van der Waals surface area contributed by atoms with Crippen molar-refractivity contribution >= 4 is 11.5 Å². The van der Waals surface area contributed by atoms with E-state index in [4.69, 9.17) is 20.4 Å². The average molecular weight is 281 g/mol. The number of ether oxygens (including phenoxy) is 2. The van der Waals surface area contributed by atoms with Gasteiger partial charge in [0.1, 0.15) is 5.84 Å². The largest absolute Gasteiger partial charge is 0.409 e. The first-order valence-corrected chi connectivity index (χ1v) is 6.61. The smallest absolute Gasteiger partial charge is 0.140 e. The molecule has 3 N–H and O–H groups in total. The predicted octanol–water partition coefficient (Wildman–Crippen LogP) is 1.29. The van der Waals surface area contributed by atoms with Gasteiger partial charge in [0.25, 0.3) is 0 Å². The van der Waals surface area contributed by atoms with Crippen molar-refractivity contribution in [3.63, 3.8) is 0 Å². The van der Waals surface area contributed by atoms with Crippen LogP contribution < -0.4 is 10.6 Å². The molecule has 0 aliphatic carbocycles. The molecule has 0 amide bonds. The van der Waals surface area contributed by atoms with Gasteiger partial charge in [-0.2, -0.15) is 0 Å². The molecule has 0 aromatic heterocycles. The predicted molar refractivity (Wildman–Crippen MR) is 79.4 cm³/mol. The number of anilines is 1. The molecule has 0 bridgehead atoms. The zero-order valence-corrected chi connectivity index (χ0v) is 11.9. The molecule has 112 valence electrons. The van der Waals surface area contributed by atoms with E-state index in [9.17, 15) is 0 Å². The van der Waals surface area contributed by atoms with Crippen LogP contribution in [0.4, 0.5) is 5.69 Å². The van der Waals surface area contributed by atoms with E-state index in [0.29, 0.717) is 32.8 Å². The van der Waals surface area contributed by atoms with Gasteiger partial charge < -0.3 is 25.3 Å². The van der Waals surface area contributed by atoms with E-state index >= 15 is 0 Å². The van der Waals surface area contributed by atoms with Gasteiger partial charge in [-0.05, 0) is 12.1 Å². The van der Waals surface area contributed by atoms with E-state index in [2.05, 4.69) is 10.1 Å². The van der Waals surface area contributed by atoms with Gasteiger partial charge in [0, 0.05) is 32.3 Å². The van der Waals surface area contributed by atoms with Gasteiger partial charge in [-0.3, -0.25) is 0 Å². The molecule has 0 unspecified atom stereocenters. The summed E-state index contributed by atoms with van der Waals surface area (Å²) in [4.78, 5) is 2.14. The topological polar surface area (TPSA) is 80.3 Å². The first kappa shape index (κ1) is 16.3. The second-order valence-electron chi connectivity index (χ2n) is 4.27. The molecule has 1 aromatic rings. The number of nitrogens with two attached hydrogens (primary N) is 1. The second kappa shape index (κ2) is 10.1. The third-order valence-corrected chi connectivity index (χ3v) is 2.82. The van der Waals surface area contributed by atoms with E-state index < -0.39 is 0 Å². The highest BCUT2D eigenvalue weighted by Crippen LogP contribution is 2.13. The molecule has 0 saturated heterocycles. The van der Waals surface area contributed by atoms with Crippen LogP contribution in [0.3, 0.4) is 0 Å². The normalized spacial score (nSPS) is 11.6. The lowest BCUT2D eigenvalue weighted by Crippen LogP contribution is -2.31. The Morgan fingerprint density at radius 3 is 2.60 bits per heavy atom. The maximum Gasteiger partial charge on any atom is 0.140 e. The Labute approximate surface area is 119 Å². The Morgan fingerprint density at radius 1 is 1.20 bits per heavy atom. The molecule has 0 radical (unpaired) electrons. The number of rotatable bonds is 10. The van der Waals surface area contributed by atoms with E-state index in [1.807, 2.05) is 30.3 Å². The fraction of sp³-hybridized carbons (Fsp3) is 0.500. The zero-order chi connectivity index (χ0) is 14.6. The summed E-state index contributed by atoms with van der Waals surface area (Å²) in [5, 5.41) is 11.6. The number of amidine groups is 1. The number of nitrogens with zero attached hydrogens (tertiary/aromatic N) is 2. The molecule has 20 heavy (non-hydrogen) atoms. The van der Waals surface area contributed by atoms with E-state index in [1.54, 1.807) is 7.11 Å². The molecular formula is C14H23N3O3. The van der Waals surface area contributed by atoms with Crippen molar-refractivity contribution in [2.75, 3.05) is 44.9 Å². The van der Waals surface area contributed by atoms with Gasteiger partial charge in [-0.1, -0.05) is 23.4 Å². The molecule has 1 rings (SSSR count). The zero-order valence-electron chi connectivity index (χ0n) is 11.9. The minimum Gasteiger partial charge on any atom is -0.409 e. The number of oxime groups is 1. The van der Waals surface area contributed by atoms with E-state index in [-0.39, 0.29) is 5.84 Å². The number of para-hydroxylation sites is 1. The van der Waals surface area contributed by atoms with Gasteiger partial charge in [-0.15, -0.1) is 0 Å². The SMILES string of the molecule is COCCOCCN(CCC(N)=NO)c1ccccc1. The van der Waals surface area contributed by atoms with Crippen LogP contribution in [-0.4, -0.2) is 51.1 Å². The molecular weight excluding hydrogens is 258 g/mol. The van der Waals surface area contributed by atoms with Crippen LogP contribution in [0.25, 0.3) is 0 Å². The van der Waals surface area contributed by atoms with Crippen molar-refractivity contribution in [3.8, 4) is 0 Å². The highest BCUT2D eigenvalue weighted by atomic mass is 16.5. The van der Waals surface area contributed by atoms with Crippen molar-refractivity contribution in [3.05, 3.63) is 30.3 Å². The van der Waals surface area contributed by atoms with Crippen LogP contribution in [0, 0.1) is 0 Å². The van der Waals surface area contributed by atoms with Gasteiger partial charge >= 0.3 is 0 Å². The van der Waals surface area contributed by atoms with Crippen LogP contribution in [0.2, 0.25) is 0 Å². The minimum absolute atomic E-state index is 0.228. The van der Waals surface area contributed by atoms with Crippen molar-refractivity contribution in [2.45, 2.75) is 6.42 Å². The Bertz CT molecular complexity index is 385. The maximum absolute atomic E-state index is 8.60. The lowest BCUT2D eigenvalue weighted by Gasteiger charge is -2.24. The lowest BCUT2D eigenvalue weighted by molar-refractivity contribution is 0.0740. The Balaban J connectivity index is 2.47. The molecule has 0 aliphatic rings. The number of hydrogen-bond acceptors (Lipinski definition) is 5. The summed E-state index contributed by atoms with van der Waals surface area (Å²) < 4.78 is 10.4. The maximum atomic E-state index is 8.60. The summed E-state index contributed by atoms with van der Waals surface area (Å²) in [7, 11) is 1.65. The van der Waals surface area contributed by atoms with Crippen LogP contribution in [0.15, 0.2) is 35.5 Å². The minimum atomic E-state index is 0.228. The molecule has 0 aliphatic heterocycles. The summed E-state index contributed by atoms with van der Waals surface area (Å²) in [5.41, 5.74) is 6.61. The van der Waals surface area contributed by atoms with Crippen molar-refractivity contribution in [2.24, 2.45) is 10.9 Å². The highest BCUT2D eigenvalue weighted by molar-refractivity contribution is 5.80. The first-order valence-electron chi connectivity index (χ1n) is 6.61. The molecule has 0 saturated carbocycles. The van der Waals surface area contributed by atoms with Crippen molar-refractivity contribution < 1.29 is 14.7 Å². The number of benzene rings is 1. The molecule has 6 heteroatoms. The Morgan fingerprint density at radius 2 is 1.95 bits per heavy atom. The summed E-state index contributed by atoms with van der Waals surface area (Å²) in [6, 6.07) is 10.00. The highest BCUT2D eigenvalue weighted by Gasteiger charge is 2.07. The van der Waals surface area contributed by atoms with E-state index in [1.165, 1.54) is 0 Å². The number of hydrogen-bond donors (Lipinski definition) is 2. The Hall–Kier alpha value is -1.79. The van der Waals surface area contributed by atoms with Gasteiger partial charge in [0.15, 0.2) is 0 Å². The molecule has 0 heterocycles. The second-order valence-corrected chi connectivity index (χ2v) is 4.27. The third kappa shape index (κ3) is 6.40. The van der Waals surface area contributed by atoms with Crippen molar-refractivity contribution in [1.82, 2.24) is 0 Å². The summed E-state index contributed by atoms with van der Waals surface area (Å²) in [6.07, 6.45) is 0.503. The lowest BCUT2D eigenvalue weighted by atomic mass is 10.2. The molecule has 0 atom stereocenters. The van der Waals surface area contributed by atoms with Crippen LogP contribution in [0.1, 0.15) is 6.42 Å². The molecule has 0 fully saturated rings. The Kier molecular flexibility index (Phi) is 8.17. The van der Waals surface area contributed by atoms with Crippen LogP contribution in [0.5, 0.6) is 0 Å². The van der Waals surface area contributed by atoms with Gasteiger partial charge in [0.05, 0.1) is 19.8 Å².